The van der Waals surface area contributed by atoms with Crippen LogP contribution in [0, 0.1) is 13.8 Å². The van der Waals surface area contributed by atoms with Gasteiger partial charge in [-0.25, -0.2) is 9.97 Å². The quantitative estimate of drug-likeness (QED) is 0.847. The van der Waals surface area contributed by atoms with E-state index in [4.69, 9.17) is 4.74 Å². The molecular weight excluding hydrogens is 286 g/mol. The van der Waals surface area contributed by atoms with E-state index in [-0.39, 0.29) is 5.91 Å². The molecule has 6 heteroatoms. The van der Waals surface area contributed by atoms with E-state index in [9.17, 15) is 4.79 Å². The Hall–Kier alpha value is -1.17. The maximum atomic E-state index is 11.5. The van der Waals surface area contributed by atoms with Gasteiger partial charge in [-0.15, -0.1) is 0 Å². The van der Waals surface area contributed by atoms with Gasteiger partial charge in [-0.1, -0.05) is 15.9 Å². The number of nitrogens with one attached hydrogen (secondary N) is 1. The van der Waals surface area contributed by atoms with Gasteiger partial charge < -0.3 is 4.74 Å². The van der Waals surface area contributed by atoms with E-state index in [1.54, 1.807) is 7.11 Å². The Kier molecular flexibility index (Phi) is 5.34. The highest BCUT2D eigenvalue weighted by molar-refractivity contribution is 9.09. The molecule has 0 aromatic carbocycles. The van der Waals surface area contributed by atoms with Crippen molar-refractivity contribution in [1.82, 2.24) is 9.97 Å². The summed E-state index contributed by atoms with van der Waals surface area (Å²) < 4.78 is 5.16. The monoisotopic (exact) mass is 301 g/mol. The zero-order chi connectivity index (χ0) is 12.8. The number of hydrogen-bond donors (Lipinski definition) is 1. The highest BCUT2D eigenvalue weighted by Gasteiger charge is 2.10. The molecule has 0 aliphatic heterocycles. The second kappa shape index (κ2) is 6.54. The molecule has 1 N–H and O–H groups in total. The molecule has 0 aliphatic rings. The molecule has 1 heterocycles. The van der Waals surface area contributed by atoms with E-state index in [2.05, 4.69) is 31.2 Å². The zero-order valence-corrected chi connectivity index (χ0v) is 11.8. The molecule has 1 rings (SSSR count). The van der Waals surface area contributed by atoms with Crippen LogP contribution in [0.1, 0.15) is 24.2 Å². The molecule has 0 aliphatic carbocycles. The number of amides is 1. The average molecular weight is 302 g/mol. The molecule has 0 bridgehead atoms. The normalized spacial score (nSPS) is 10.1. The van der Waals surface area contributed by atoms with Gasteiger partial charge >= 0.3 is 0 Å². The van der Waals surface area contributed by atoms with Crippen molar-refractivity contribution in [1.29, 1.82) is 0 Å². The molecule has 17 heavy (non-hydrogen) atoms. The fraction of sp³-hybridized carbons (Fsp3) is 0.545. The Morgan fingerprint density at radius 2 is 1.94 bits per heavy atom. The van der Waals surface area contributed by atoms with Crippen molar-refractivity contribution in [2.75, 3.05) is 17.8 Å². The minimum Gasteiger partial charge on any atom is -0.493 e. The number of carbonyl (C=O) groups is 1. The van der Waals surface area contributed by atoms with Gasteiger partial charge in [-0.3, -0.25) is 10.1 Å². The summed E-state index contributed by atoms with van der Waals surface area (Å²) in [6, 6.07) is 0. The maximum Gasteiger partial charge on any atom is 0.230 e. The summed E-state index contributed by atoms with van der Waals surface area (Å²) in [7, 11) is 1.58. The molecule has 94 valence electrons. The minimum atomic E-state index is -0.0755. The van der Waals surface area contributed by atoms with Crippen LogP contribution in [0.2, 0.25) is 0 Å². The third-order valence-electron chi connectivity index (χ3n) is 2.20. The van der Waals surface area contributed by atoms with Gasteiger partial charge in [0, 0.05) is 11.8 Å². The van der Waals surface area contributed by atoms with Crippen LogP contribution in [0.25, 0.3) is 0 Å². The van der Waals surface area contributed by atoms with Crippen LogP contribution in [0.3, 0.4) is 0 Å². The first-order valence-electron chi connectivity index (χ1n) is 5.33. The fourth-order valence-electron chi connectivity index (χ4n) is 1.47. The number of hydrogen-bond acceptors (Lipinski definition) is 4. The number of aryl methyl sites for hydroxylation is 2. The highest BCUT2D eigenvalue weighted by Crippen LogP contribution is 2.20. The summed E-state index contributed by atoms with van der Waals surface area (Å²) >= 11 is 3.28. The first kappa shape index (κ1) is 13.9. The van der Waals surface area contributed by atoms with Crippen LogP contribution in [0.5, 0.6) is 5.75 Å². The lowest BCUT2D eigenvalue weighted by Crippen LogP contribution is -2.15. The number of carbonyl (C=O) groups excluding carboxylic acids is 1. The van der Waals surface area contributed by atoms with Crippen molar-refractivity contribution in [3.8, 4) is 5.75 Å². The first-order valence-corrected chi connectivity index (χ1v) is 6.45. The smallest absolute Gasteiger partial charge is 0.230 e. The van der Waals surface area contributed by atoms with Gasteiger partial charge in [0.2, 0.25) is 11.9 Å². The lowest BCUT2D eigenvalue weighted by atomic mass is 10.3. The fourth-order valence-corrected chi connectivity index (χ4v) is 1.75. The van der Waals surface area contributed by atoms with Crippen LogP contribution in [0.15, 0.2) is 0 Å². The van der Waals surface area contributed by atoms with E-state index in [0.29, 0.717) is 18.1 Å². The Bertz CT molecular complexity index is 387. The standard InChI is InChI=1S/C11H16BrN3O2/c1-7-10(17-3)8(2)14-11(13-7)15-9(16)5-4-6-12/h4-6H2,1-3H3,(H,13,14,15,16). The molecule has 1 aromatic heterocycles. The molecule has 0 saturated carbocycles. The third-order valence-corrected chi connectivity index (χ3v) is 2.76. The van der Waals surface area contributed by atoms with E-state index in [1.165, 1.54) is 0 Å². The predicted molar refractivity (Wildman–Crippen MR) is 69.7 cm³/mol. The summed E-state index contributed by atoms with van der Waals surface area (Å²) in [4.78, 5) is 19.9. The molecule has 0 unspecified atom stereocenters. The highest BCUT2D eigenvalue weighted by atomic mass is 79.9. The molecule has 0 fully saturated rings. The predicted octanol–water partition coefficient (Wildman–Crippen LogP) is 2.22. The van der Waals surface area contributed by atoms with E-state index in [0.717, 1.165) is 23.1 Å². The van der Waals surface area contributed by atoms with Crippen LogP contribution < -0.4 is 10.1 Å². The van der Waals surface area contributed by atoms with Crippen LogP contribution in [0.4, 0.5) is 5.95 Å². The van der Waals surface area contributed by atoms with Gasteiger partial charge in [-0.05, 0) is 20.3 Å². The number of halogens is 1. The average Bonchev–Trinajstić information content (AvgIpc) is 2.26. The first-order chi connectivity index (χ1) is 8.08. The largest absolute Gasteiger partial charge is 0.493 e. The topological polar surface area (TPSA) is 64.1 Å². The van der Waals surface area contributed by atoms with Gasteiger partial charge in [0.25, 0.3) is 0 Å². The molecule has 0 spiro atoms. The second-order valence-corrected chi connectivity index (χ2v) is 4.38. The summed E-state index contributed by atoms with van der Waals surface area (Å²) in [6.07, 6.45) is 1.25. The number of rotatable bonds is 5. The lowest BCUT2D eigenvalue weighted by Gasteiger charge is -2.09. The van der Waals surface area contributed by atoms with Gasteiger partial charge in [0.05, 0.1) is 18.5 Å². The molecule has 1 aromatic rings. The number of methoxy groups -OCH3 is 1. The molecule has 0 saturated heterocycles. The summed E-state index contributed by atoms with van der Waals surface area (Å²) in [5, 5.41) is 3.48. The summed E-state index contributed by atoms with van der Waals surface area (Å²) in [5.41, 5.74) is 1.44. The SMILES string of the molecule is COc1c(C)nc(NC(=O)CCCBr)nc1C. The summed E-state index contributed by atoms with van der Waals surface area (Å²) in [6.45, 7) is 3.64. The zero-order valence-electron chi connectivity index (χ0n) is 10.2. The van der Waals surface area contributed by atoms with E-state index in [1.807, 2.05) is 13.8 Å². The lowest BCUT2D eigenvalue weighted by molar-refractivity contribution is -0.116. The Morgan fingerprint density at radius 3 is 2.41 bits per heavy atom. The molecule has 1 amide bonds. The Morgan fingerprint density at radius 1 is 1.35 bits per heavy atom. The van der Waals surface area contributed by atoms with Crippen molar-refractivity contribution in [3.63, 3.8) is 0 Å². The van der Waals surface area contributed by atoms with Crippen molar-refractivity contribution < 1.29 is 9.53 Å². The molecule has 0 radical (unpaired) electrons. The Balaban J connectivity index is 2.76. The minimum absolute atomic E-state index is 0.0755. The van der Waals surface area contributed by atoms with Gasteiger partial charge in [-0.2, -0.15) is 0 Å². The molecule has 5 nitrogen and oxygen atoms in total. The van der Waals surface area contributed by atoms with E-state index < -0.39 is 0 Å². The van der Waals surface area contributed by atoms with Crippen LogP contribution >= 0.6 is 15.9 Å². The van der Waals surface area contributed by atoms with Crippen molar-refractivity contribution in [2.45, 2.75) is 26.7 Å². The summed E-state index contributed by atoms with van der Waals surface area (Å²) in [5.74, 6) is 0.914. The van der Waals surface area contributed by atoms with E-state index >= 15 is 0 Å². The van der Waals surface area contributed by atoms with Crippen LogP contribution in [-0.4, -0.2) is 28.3 Å². The van der Waals surface area contributed by atoms with Gasteiger partial charge in [0.15, 0.2) is 5.75 Å². The van der Waals surface area contributed by atoms with Gasteiger partial charge in [0.1, 0.15) is 0 Å². The molecule has 0 atom stereocenters. The number of aromatic nitrogens is 2. The van der Waals surface area contributed by atoms with Crippen molar-refractivity contribution in [3.05, 3.63) is 11.4 Å². The third kappa shape index (κ3) is 3.96. The molecular formula is C11H16BrN3O2. The van der Waals surface area contributed by atoms with Crippen molar-refractivity contribution >= 4 is 27.8 Å². The number of alkyl halides is 1. The number of ether oxygens (including phenoxy) is 1. The second-order valence-electron chi connectivity index (χ2n) is 3.59. The maximum absolute atomic E-state index is 11.5. The van der Waals surface area contributed by atoms with Crippen molar-refractivity contribution in [2.24, 2.45) is 0 Å². The Labute approximate surface area is 109 Å². The number of nitrogens with zero attached hydrogens (tertiary/aromatic N) is 2. The van der Waals surface area contributed by atoms with Crippen LogP contribution in [-0.2, 0) is 4.79 Å². The number of anilines is 1.